The van der Waals surface area contributed by atoms with Crippen molar-refractivity contribution in [2.75, 3.05) is 11.9 Å². The molecule has 0 aliphatic rings. The number of hydrogen-bond donors (Lipinski definition) is 3. The summed E-state index contributed by atoms with van der Waals surface area (Å²) in [5.74, 6) is 0. The monoisotopic (exact) mass is 325 g/mol. The van der Waals surface area contributed by atoms with Crippen LogP contribution in [-0.2, 0) is 11.3 Å². The van der Waals surface area contributed by atoms with Crippen LogP contribution in [0.15, 0.2) is 60.7 Å². The summed E-state index contributed by atoms with van der Waals surface area (Å²) in [5, 5.41) is 5.13. The molecule has 0 aliphatic heterocycles. The Balaban J connectivity index is 1.74. The third kappa shape index (κ3) is 6.23. The van der Waals surface area contributed by atoms with E-state index in [0.29, 0.717) is 12.2 Å². The standard InChI is InChI=1S/C18H19N3O3/c19-17(22)21-16-10-4-8-14(12-16)9-5-11-20-18(23)24-13-15-6-2-1-3-7-15/h1-10,12H,11,13H2,(H,20,23)(H3,19,21,22). The smallest absolute Gasteiger partial charge is 0.407 e. The third-order valence-corrected chi connectivity index (χ3v) is 3.04. The molecule has 0 fully saturated rings. The number of nitrogens with one attached hydrogen (secondary N) is 2. The highest BCUT2D eigenvalue weighted by Gasteiger charge is 2.00. The quantitative estimate of drug-likeness (QED) is 0.761. The first-order chi connectivity index (χ1) is 11.6. The van der Waals surface area contributed by atoms with Gasteiger partial charge in [-0.2, -0.15) is 0 Å². The number of nitrogens with two attached hydrogens (primary N) is 1. The highest BCUT2D eigenvalue weighted by Crippen LogP contribution is 2.11. The van der Waals surface area contributed by atoms with Crippen LogP contribution in [0.1, 0.15) is 11.1 Å². The molecular weight excluding hydrogens is 306 g/mol. The number of rotatable bonds is 6. The second kappa shape index (κ2) is 8.99. The Hall–Kier alpha value is -3.28. The number of carbonyl (C=O) groups excluding carboxylic acids is 2. The average Bonchev–Trinajstić information content (AvgIpc) is 2.58. The maximum atomic E-state index is 11.6. The van der Waals surface area contributed by atoms with Crippen molar-refractivity contribution in [2.45, 2.75) is 6.61 Å². The minimum absolute atomic E-state index is 0.233. The van der Waals surface area contributed by atoms with E-state index in [9.17, 15) is 9.59 Å². The fourth-order valence-electron chi connectivity index (χ4n) is 1.97. The first-order valence-corrected chi connectivity index (χ1v) is 7.41. The summed E-state index contributed by atoms with van der Waals surface area (Å²) in [6, 6.07) is 16.0. The van der Waals surface area contributed by atoms with Crippen LogP contribution in [0.5, 0.6) is 0 Å². The van der Waals surface area contributed by atoms with Gasteiger partial charge in [-0.05, 0) is 23.3 Å². The molecule has 0 unspecified atom stereocenters. The second-order valence-electron chi connectivity index (χ2n) is 4.96. The fraction of sp³-hybridized carbons (Fsp3) is 0.111. The lowest BCUT2D eigenvalue weighted by Crippen LogP contribution is -2.24. The van der Waals surface area contributed by atoms with Gasteiger partial charge in [-0.15, -0.1) is 0 Å². The summed E-state index contributed by atoms with van der Waals surface area (Å²) in [5.41, 5.74) is 7.49. The normalized spacial score (nSPS) is 10.3. The molecule has 0 saturated carbocycles. The van der Waals surface area contributed by atoms with Gasteiger partial charge in [-0.1, -0.05) is 54.6 Å². The zero-order valence-electron chi connectivity index (χ0n) is 13.1. The SMILES string of the molecule is NC(=O)Nc1cccc(C=CCNC(=O)OCc2ccccc2)c1. The minimum atomic E-state index is -0.612. The van der Waals surface area contributed by atoms with Crippen molar-refractivity contribution in [1.82, 2.24) is 5.32 Å². The van der Waals surface area contributed by atoms with Crippen molar-refractivity contribution in [3.8, 4) is 0 Å². The third-order valence-electron chi connectivity index (χ3n) is 3.04. The molecule has 0 heterocycles. The predicted molar refractivity (Wildman–Crippen MR) is 93.3 cm³/mol. The largest absolute Gasteiger partial charge is 0.445 e. The van der Waals surface area contributed by atoms with Gasteiger partial charge in [0.25, 0.3) is 0 Å². The predicted octanol–water partition coefficient (Wildman–Crippen LogP) is 3.12. The van der Waals surface area contributed by atoms with Gasteiger partial charge < -0.3 is 21.1 Å². The van der Waals surface area contributed by atoms with E-state index in [1.54, 1.807) is 24.3 Å². The highest BCUT2D eigenvalue weighted by atomic mass is 16.5. The highest BCUT2D eigenvalue weighted by molar-refractivity contribution is 5.88. The van der Waals surface area contributed by atoms with E-state index >= 15 is 0 Å². The molecule has 24 heavy (non-hydrogen) atoms. The number of carbonyl (C=O) groups is 2. The summed E-state index contributed by atoms with van der Waals surface area (Å²) < 4.78 is 5.10. The molecule has 2 aromatic carbocycles. The lowest BCUT2D eigenvalue weighted by atomic mass is 10.2. The maximum absolute atomic E-state index is 11.6. The molecule has 2 rings (SSSR count). The lowest BCUT2D eigenvalue weighted by Gasteiger charge is -2.05. The molecule has 0 bridgehead atoms. The zero-order chi connectivity index (χ0) is 17.2. The number of anilines is 1. The van der Waals surface area contributed by atoms with Crippen molar-refractivity contribution in [3.05, 3.63) is 71.8 Å². The van der Waals surface area contributed by atoms with Crippen LogP contribution in [-0.4, -0.2) is 18.7 Å². The number of hydrogen-bond acceptors (Lipinski definition) is 3. The molecule has 4 N–H and O–H groups in total. The number of benzene rings is 2. The van der Waals surface area contributed by atoms with Gasteiger partial charge in [-0.25, -0.2) is 9.59 Å². The molecule has 6 heteroatoms. The van der Waals surface area contributed by atoms with Crippen molar-refractivity contribution in [1.29, 1.82) is 0 Å². The number of ether oxygens (including phenoxy) is 1. The van der Waals surface area contributed by atoms with Crippen LogP contribution in [0.2, 0.25) is 0 Å². The molecule has 2 aromatic rings. The van der Waals surface area contributed by atoms with Crippen molar-refractivity contribution >= 4 is 23.9 Å². The van der Waals surface area contributed by atoms with Crippen LogP contribution in [0.25, 0.3) is 6.08 Å². The molecule has 0 spiro atoms. The second-order valence-corrected chi connectivity index (χ2v) is 4.96. The topological polar surface area (TPSA) is 93.5 Å². The number of urea groups is 1. The van der Waals surface area contributed by atoms with Gasteiger partial charge in [0, 0.05) is 12.2 Å². The number of alkyl carbamates (subject to hydrolysis) is 1. The number of primary amides is 1. The van der Waals surface area contributed by atoms with Gasteiger partial charge in [0.2, 0.25) is 0 Å². The lowest BCUT2D eigenvalue weighted by molar-refractivity contribution is 0.141. The molecule has 124 valence electrons. The van der Waals surface area contributed by atoms with Crippen LogP contribution >= 0.6 is 0 Å². The fourth-order valence-corrected chi connectivity index (χ4v) is 1.97. The van der Waals surface area contributed by atoms with Crippen molar-refractivity contribution in [3.63, 3.8) is 0 Å². The van der Waals surface area contributed by atoms with Crippen LogP contribution < -0.4 is 16.4 Å². The Morgan fingerprint density at radius 1 is 1.08 bits per heavy atom. The summed E-state index contributed by atoms with van der Waals surface area (Å²) >= 11 is 0. The molecular formula is C18H19N3O3. The summed E-state index contributed by atoms with van der Waals surface area (Å²) in [6.07, 6.45) is 3.13. The Morgan fingerprint density at radius 3 is 2.62 bits per heavy atom. The zero-order valence-corrected chi connectivity index (χ0v) is 13.1. The average molecular weight is 325 g/mol. The van der Waals surface area contributed by atoms with E-state index in [0.717, 1.165) is 11.1 Å². The van der Waals surface area contributed by atoms with Gasteiger partial charge >= 0.3 is 12.1 Å². The molecule has 0 aromatic heterocycles. The van der Waals surface area contributed by atoms with Crippen LogP contribution in [0, 0.1) is 0 Å². The minimum Gasteiger partial charge on any atom is -0.445 e. The molecule has 0 aliphatic carbocycles. The van der Waals surface area contributed by atoms with Gasteiger partial charge in [0.05, 0.1) is 0 Å². The molecule has 3 amide bonds. The summed E-state index contributed by atoms with van der Waals surface area (Å²) in [7, 11) is 0. The van der Waals surface area contributed by atoms with E-state index < -0.39 is 12.1 Å². The van der Waals surface area contributed by atoms with Gasteiger partial charge in [0.15, 0.2) is 0 Å². The first-order valence-electron chi connectivity index (χ1n) is 7.41. The van der Waals surface area contributed by atoms with Crippen molar-refractivity contribution in [2.24, 2.45) is 5.73 Å². The molecule has 6 nitrogen and oxygen atoms in total. The Kier molecular flexibility index (Phi) is 6.40. The Labute approximate surface area is 140 Å². The maximum Gasteiger partial charge on any atom is 0.407 e. The van der Waals surface area contributed by atoms with E-state index in [1.165, 1.54) is 0 Å². The summed E-state index contributed by atoms with van der Waals surface area (Å²) in [6.45, 7) is 0.568. The van der Waals surface area contributed by atoms with E-state index in [1.807, 2.05) is 42.5 Å². The number of amides is 3. The van der Waals surface area contributed by atoms with E-state index in [4.69, 9.17) is 10.5 Å². The summed E-state index contributed by atoms with van der Waals surface area (Å²) in [4.78, 5) is 22.4. The Bertz CT molecular complexity index is 714. The van der Waals surface area contributed by atoms with Crippen LogP contribution in [0.3, 0.4) is 0 Å². The van der Waals surface area contributed by atoms with Crippen LogP contribution in [0.4, 0.5) is 15.3 Å². The molecule has 0 saturated heterocycles. The van der Waals surface area contributed by atoms with Gasteiger partial charge in [-0.3, -0.25) is 0 Å². The van der Waals surface area contributed by atoms with Crippen molar-refractivity contribution < 1.29 is 14.3 Å². The van der Waals surface area contributed by atoms with E-state index in [2.05, 4.69) is 10.6 Å². The molecule has 0 atom stereocenters. The van der Waals surface area contributed by atoms with Gasteiger partial charge in [0.1, 0.15) is 6.61 Å². The first kappa shape index (κ1) is 17.1. The molecule has 0 radical (unpaired) electrons. The van der Waals surface area contributed by atoms with E-state index in [-0.39, 0.29) is 6.61 Å². The Morgan fingerprint density at radius 2 is 1.88 bits per heavy atom.